The lowest BCUT2D eigenvalue weighted by molar-refractivity contribution is 1.12. The van der Waals surface area contributed by atoms with Gasteiger partial charge in [0.25, 0.3) is 0 Å². The molecule has 0 aliphatic rings. The second-order valence-corrected chi connectivity index (χ2v) is 6.48. The van der Waals surface area contributed by atoms with E-state index in [9.17, 15) is 0 Å². The highest BCUT2D eigenvalue weighted by Crippen LogP contribution is 2.35. The van der Waals surface area contributed by atoms with Crippen LogP contribution in [0.2, 0.25) is 0 Å². The van der Waals surface area contributed by atoms with Gasteiger partial charge < -0.3 is 9.55 Å². The molecule has 0 saturated heterocycles. The van der Waals surface area contributed by atoms with Crippen LogP contribution in [0.5, 0.6) is 0 Å². The lowest BCUT2D eigenvalue weighted by atomic mass is 10.2. The van der Waals surface area contributed by atoms with E-state index in [0.717, 1.165) is 49.6 Å². The van der Waals surface area contributed by atoms with Gasteiger partial charge in [-0.1, -0.05) is 54.6 Å². The summed E-state index contributed by atoms with van der Waals surface area (Å²) in [6.45, 7) is 0. The Kier molecular flexibility index (Phi) is 2.58. The van der Waals surface area contributed by atoms with Gasteiger partial charge in [-0.2, -0.15) is 0 Å². The number of nitrogens with one attached hydrogen (secondary N) is 1. The van der Waals surface area contributed by atoms with E-state index in [1.54, 1.807) is 0 Å². The van der Waals surface area contributed by atoms with Crippen LogP contribution in [0, 0.1) is 0 Å². The number of para-hydroxylation sites is 3. The zero-order valence-electron chi connectivity index (χ0n) is 13.8. The first-order chi connectivity index (χ1) is 12.9. The maximum Gasteiger partial charge on any atom is 0.121 e. The molecule has 0 atom stereocenters. The summed E-state index contributed by atoms with van der Waals surface area (Å²) in [6, 6.07) is 27.0. The molecule has 6 rings (SSSR count). The van der Waals surface area contributed by atoms with Crippen molar-refractivity contribution in [1.29, 1.82) is 0 Å². The molecule has 0 radical (unpaired) electrons. The Hall–Kier alpha value is -3.66. The molecule has 0 fully saturated rings. The molecule has 0 saturated carbocycles. The smallest absolute Gasteiger partial charge is 0.121 e. The van der Waals surface area contributed by atoms with Crippen LogP contribution in [0.15, 0.2) is 78.9 Å². The molecule has 0 amide bonds. The van der Waals surface area contributed by atoms with Gasteiger partial charge in [0.1, 0.15) is 16.6 Å². The second kappa shape index (κ2) is 4.92. The van der Waals surface area contributed by atoms with Gasteiger partial charge in [0.15, 0.2) is 0 Å². The second-order valence-electron chi connectivity index (χ2n) is 6.48. The van der Waals surface area contributed by atoms with Crippen molar-refractivity contribution in [2.45, 2.75) is 0 Å². The number of nitrogens with zero attached hydrogens (tertiary/aromatic N) is 3. The van der Waals surface area contributed by atoms with Crippen molar-refractivity contribution in [3.63, 3.8) is 0 Å². The lowest BCUT2D eigenvalue weighted by Gasteiger charge is -2.07. The molecule has 1 N–H and O–H groups in total. The van der Waals surface area contributed by atoms with E-state index >= 15 is 0 Å². The molecule has 4 heteroatoms. The van der Waals surface area contributed by atoms with Crippen LogP contribution < -0.4 is 0 Å². The first kappa shape index (κ1) is 13.6. The molecular formula is C22H14N4. The summed E-state index contributed by atoms with van der Waals surface area (Å²) in [5.74, 6) is 0. The number of rotatable bonds is 1. The number of hydrogen-bond donors (Lipinski definition) is 1. The molecule has 3 aromatic heterocycles. The van der Waals surface area contributed by atoms with E-state index in [4.69, 9.17) is 0 Å². The highest BCUT2D eigenvalue weighted by Gasteiger charge is 2.18. The van der Waals surface area contributed by atoms with Crippen LogP contribution in [0.1, 0.15) is 0 Å². The highest BCUT2D eigenvalue weighted by molar-refractivity contribution is 6.19. The van der Waals surface area contributed by atoms with Crippen molar-refractivity contribution in [3.8, 4) is 5.69 Å². The zero-order chi connectivity index (χ0) is 17.1. The van der Waals surface area contributed by atoms with Crippen molar-refractivity contribution in [2.75, 3.05) is 0 Å². The fourth-order valence-corrected chi connectivity index (χ4v) is 3.90. The van der Waals surface area contributed by atoms with E-state index in [1.807, 2.05) is 24.3 Å². The van der Waals surface area contributed by atoms with Gasteiger partial charge in [-0.3, -0.25) is 0 Å². The van der Waals surface area contributed by atoms with Gasteiger partial charge in [0, 0.05) is 22.0 Å². The minimum Gasteiger partial charge on any atom is -0.351 e. The number of benzene rings is 3. The van der Waals surface area contributed by atoms with Gasteiger partial charge in [0.05, 0.1) is 11.0 Å². The summed E-state index contributed by atoms with van der Waals surface area (Å²) in [5.41, 5.74) is 7.25. The third-order valence-corrected chi connectivity index (χ3v) is 5.03. The monoisotopic (exact) mass is 334 g/mol. The van der Waals surface area contributed by atoms with Crippen molar-refractivity contribution in [1.82, 2.24) is 19.7 Å². The van der Waals surface area contributed by atoms with E-state index in [0.29, 0.717) is 0 Å². The average molecular weight is 334 g/mol. The van der Waals surface area contributed by atoms with Crippen molar-refractivity contribution < 1.29 is 0 Å². The molecule has 122 valence electrons. The number of fused-ring (bicyclic) bond motifs is 7. The van der Waals surface area contributed by atoms with Crippen LogP contribution in [-0.2, 0) is 0 Å². The summed E-state index contributed by atoms with van der Waals surface area (Å²) < 4.78 is 2.27. The minimum absolute atomic E-state index is 0.910. The molecule has 6 aromatic rings. The summed E-state index contributed by atoms with van der Waals surface area (Å²) in [5, 5.41) is 11.4. The first-order valence-corrected chi connectivity index (χ1v) is 8.63. The highest BCUT2D eigenvalue weighted by atomic mass is 15.1. The standard InChI is InChI=1S/C22H14N4/c1-2-8-14(9-3-1)26-18-13-7-5-11-16(18)20-22(26)21-19(24-25-20)15-10-4-6-12-17(15)23-21/h1-13,23H. The van der Waals surface area contributed by atoms with Crippen LogP contribution >= 0.6 is 0 Å². The summed E-state index contributed by atoms with van der Waals surface area (Å²) in [7, 11) is 0. The Morgan fingerprint density at radius 3 is 2.23 bits per heavy atom. The quantitative estimate of drug-likeness (QED) is 0.449. The Morgan fingerprint density at radius 2 is 1.35 bits per heavy atom. The summed E-state index contributed by atoms with van der Waals surface area (Å²) >= 11 is 0. The van der Waals surface area contributed by atoms with E-state index in [2.05, 4.69) is 74.3 Å². The molecule has 0 bridgehead atoms. The number of hydrogen-bond acceptors (Lipinski definition) is 2. The topological polar surface area (TPSA) is 46.5 Å². The molecule has 3 heterocycles. The maximum absolute atomic E-state index is 4.62. The van der Waals surface area contributed by atoms with Gasteiger partial charge in [-0.05, 0) is 24.3 Å². The minimum atomic E-state index is 0.910. The first-order valence-electron chi connectivity index (χ1n) is 8.63. The van der Waals surface area contributed by atoms with Gasteiger partial charge in [-0.15, -0.1) is 10.2 Å². The van der Waals surface area contributed by atoms with E-state index < -0.39 is 0 Å². The largest absolute Gasteiger partial charge is 0.351 e. The van der Waals surface area contributed by atoms with Crippen LogP contribution in [-0.4, -0.2) is 19.7 Å². The van der Waals surface area contributed by atoms with Crippen LogP contribution in [0.3, 0.4) is 0 Å². The average Bonchev–Trinajstić information content (AvgIpc) is 3.24. The lowest BCUT2D eigenvalue weighted by Crippen LogP contribution is -1.95. The molecule has 26 heavy (non-hydrogen) atoms. The number of aromatic amines is 1. The Balaban J connectivity index is 1.92. The van der Waals surface area contributed by atoms with Crippen LogP contribution in [0.25, 0.3) is 49.6 Å². The number of aromatic nitrogens is 4. The van der Waals surface area contributed by atoms with Gasteiger partial charge >= 0.3 is 0 Å². The van der Waals surface area contributed by atoms with Crippen LogP contribution in [0.4, 0.5) is 0 Å². The molecule has 3 aromatic carbocycles. The fourth-order valence-electron chi connectivity index (χ4n) is 3.90. The normalized spacial score (nSPS) is 11.8. The van der Waals surface area contributed by atoms with Gasteiger partial charge in [0.2, 0.25) is 0 Å². The van der Waals surface area contributed by atoms with E-state index in [1.165, 1.54) is 0 Å². The summed E-state index contributed by atoms with van der Waals surface area (Å²) in [6.07, 6.45) is 0. The zero-order valence-corrected chi connectivity index (χ0v) is 13.8. The third-order valence-electron chi connectivity index (χ3n) is 5.03. The Bertz CT molecular complexity index is 1420. The van der Waals surface area contributed by atoms with Crippen molar-refractivity contribution in [2.24, 2.45) is 0 Å². The van der Waals surface area contributed by atoms with Crippen molar-refractivity contribution >= 4 is 43.9 Å². The van der Waals surface area contributed by atoms with Gasteiger partial charge in [-0.25, -0.2) is 0 Å². The SMILES string of the molecule is c1ccc(-n2c3ccccc3c3nnc4c5ccccc5[nH]c4c32)cc1. The molecule has 0 aliphatic carbocycles. The third kappa shape index (κ3) is 1.68. The van der Waals surface area contributed by atoms with Crippen molar-refractivity contribution in [3.05, 3.63) is 78.9 Å². The predicted molar refractivity (Wildman–Crippen MR) is 106 cm³/mol. The summed E-state index contributed by atoms with van der Waals surface area (Å²) in [4.78, 5) is 3.57. The Morgan fingerprint density at radius 1 is 0.654 bits per heavy atom. The maximum atomic E-state index is 4.62. The molecule has 0 unspecified atom stereocenters. The number of H-pyrrole nitrogens is 1. The Labute approximate surface area is 148 Å². The molecular weight excluding hydrogens is 320 g/mol. The predicted octanol–water partition coefficient (Wildman–Crippen LogP) is 5.21. The molecule has 0 spiro atoms. The van der Waals surface area contributed by atoms with E-state index in [-0.39, 0.29) is 0 Å². The molecule has 4 nitrogen and oxygen atoms in total. The fraction of sp³-hybridized carbons (Fsp3) is 0. The molecule has 0 aliphatic heterocycles.